The van der Waals surface area contributed by atoms with E-state index in [-0.39, 0.29) is 18.4 Å². The lowest BCUT2D eigenvalue weighted by Crippen LogP contribution is -2.26. The van der Waals surface area contributed by atoms with Gasteiger partial charge in [0.2, 0.25) is 0 Å². The van der Waals surface area contributed by atoms with Gasteiger partial charge in [-0.15, -0.1) is 0 Å². The molecule has 2 saturated heterocycles. The van der Waals surface area contributed by atoms with E-state index in [9.17, 15) is 0 Å². The Morgan fingerprint density at radius 2 is 1.60 bits per heavy atom. The Hall–Kier alpha value is -1.78. The number of pyridine rings is 2. The van der Waals surface area contributed by atoms with Gasteiger partial charge in [-0.1, -0.05) is 0 Å². The van der Waals surface area contributed by atoms with Gasteiger partial charge in [-0.25, -0.2) is 0 Å². The number of hydrogen-bond donors (Lipinski definition) is 0. The summed E-state index contributed by atoms with van der Waals surface area (Å²) in [5, 5.41) is 0. The highest BCUT2D eigenvalue weighted by Crippen LogP contribution is 2.47. The SMILES string of the molecule is c1cc([C@H]2O[C@H]3CCCN3[C@H]2c2ccncc2)ccn1. The summed E-state index contributed by atoms with van der Waals surface area (Å²) >= 11 is 0. The molecular formula is C16H17N3O. The predicted octanol–water partition coefficient (Wildman–Crippen LogP) is 2.71. The first-order valence-electron chi connectivity index (χ1n) is 7.14. The van der Waals surface area contributed by atoms with Crippen LogP contribution in [-0.2, 0) is 4.74 Å². The molecule has 0 N–H and O–H groups in total. The van der Waals surface area contributed by atoms with Crippen molar-refractivity contribution in [3.63, 3.8) is 0 Å². The van der Waals surface area contributed by atoms with Crippen molar-refractivity contribution >= 4 is 0 Å². The molecule has 2 aromatic heterocycles. The molecular weight excluding hydrogens is 250 g/mol. The number of rotatable bonds is 2. The second-order valence-electron chi connectivity index (χ2n) is 5.40. The fourth-order valence-electron chi connectivity index (χ4n) is 3.38. The first-order chi connectivity index (χ1) is 9.93. The fraction of sp³-hybridized carbons (Fsp3) is 0.375. The van der Waals surface area contributed by atoms with Crippen LogP contribution in [0.15, 0.2) is 49.1 Å². The quantitative estimate of drug-likeness (QED) is 0.838. The third-order valence-corrected chi connectivity index (χ3v) is 4.27. The van der Waals surface area contributed by atoms with Gasteiger partial charge in [-0.3, -0.25) is 14.9 Å². The van der Waals surface area contributed by atoms with Crippen LogP contribution < -0.4 is 0 Å². The molecule has 2 aliphatic rings. The summed E-state index contributed by atoms with van der Waals surface area (Å²) in [7, 11) is 0. The van der Waals surface area contributed by atoms with E-state index in [4.69, 9.17) is 4.74 Å². The zero-order valence-electron chi connectivity index (χ0n) is 11.2. The summed E-state index contributed by atoms with van der Waals surface area (Å²) in [6.07, 6.45) is 10.1. The Morgan fingerprint density at radius 3 is 2.30 bits per heavy atom. The first-order valence-corrected chi connectivity index (χ1v) is 7.14. The van der Waals surface area contributed by atoms with Crippen molar-refractivity contribution in [1.82, 2.24) is 14.9 Å². The van der Waals surface area contributed by atoms with Gasteiger partial charge >= 0.3 is 0 Å². The van der Waals surface area contributed by atoms with E-state index in [1.807, 2.05) is 24.8 Å². The highest BCUT2D eigenvalue weighted by atomic mass is 16.5. The Balaban J connectivity index is 1.74. The molecule has 20 heavy (non-hydrogen) atoms. The normalized spacial score (nSPS) is 29.5. The Morgan fingerprint density at radius 1 is 0.950 bits per heavy atom. The van der Waals surface area contributed by atoms with Crippen LogP contribution in [0.4, 0.5) is 0 Å². The molecule has 0 radical (unpaired) electrons. The van der Waals surface area contributed by atoms with Crippen molar-refractivity contribution in [3.05, 3.63) is 60.2 Å². The van der Waals surface area contributed by atoms with Crippen molar-refractivity contribution in [1.29, 1.82) is 0 Å². The number of fused-ring (bicyclic) bond motifs is 1. The molecule has 2 fully saturated rings. The lowest BCUT2D eigenvalue weighted by Gasteiger charge is -2.25. The van der Waals surface area contributed by atoms with Gasteiger partial charge < -0.3 is 4.74 Å². The summed E-state index contributed by atoms with van der Waals surface area (Å²) in [5.41, 5.74) is 2.49. The molecule has 0 saturated carbocycles. The maximum atomic E-state index is 6.32. The van der Waals surface area contributed by atoms with Crippen molar-refractivity contribution in [3.8, 4) is 0 Å². The molecule has 102 valence electrons. The number of ether oxygens (including phenoxy) is 1. The molecule has 3 atom stereocenters. The summed E-state index contributed by atoms with van der Waals surface area (Å²) in [6.45, 7) is 1.11. The first kappa shape index (κ1) is 12.0. The van der Waals surface area contributed by atoms with Crippen LogP contribution in [-0.4, -0.2) is 27.6 Å². The Kier molecular flexibility index (Phi) is 2.98. The van der Waals surface area contributed by atoms with Gasteiger partial charge in [0.1, 0.15) is 12.3 Å². The number of hydrogen-bond acceptors (Lipinski definition) is 4. The molecule has 0 aromatic carbocycles. The summed E-state index contributed by atoms with van der Waals surface area (Å²) in [5.74, 6) is 0. The third-order valence-electron chi connectivity index (χ3n) is 4.27. The van der Waals surface area contributed by atoms with Gasteiger partial charge in [-0.2, -0.15) is 0 Å². The smallest absolute Gasteiger partial charge is 0.112 e. The molecule has 4 heteroatoms. The molecule has 0 bridgehead atoms. The minimum atomic E-state index is 0.0886. The van der Waals surface area contributed by atoms with Crippen molar-refractivity contribution in [2.45, 2.75) is 31.2 Å². The largest absolute Gasteiger partial charge is 0.353 e. The average Bonchev–Trinajstić information content (AvgIpc) is 3.09. The number of nitrogens with zero attached hydrogens (tertiary/aromatic N) is 3. The molecule has 4 nitrogen and oxygen atoms in total. The van der Waals surface area contributed by atoms with E-state index >= 15 is 0 Å². The maximum Gasteiger partial charge on any atom is 0.112 e. The highest BCUT2D eigenvalue weighted by molar-refractivity contribution is 5.26. The second kappa shape index (κ2) is 4.96. The van der Waals surface area contributed by atoms with Crippen LogP contribution in [0.2, 0.25) is 0 Å². The van der Waals surface area contributed by atoms with Crippen molar-refractivity contribution < 1.29 is 4.74 Å². The molecule has 0 spiro atoms. The lowest BCUT2D eigenvalue weighted by molar-refractivity contribution is 0.0173. The van der Waals surface area contributed by atoms with E-state index < -0.39 is 0 Å². The summed E-state index contributed by atoms with van der Waals surface area (Å²) in [4.78, 5) is 10.7. The predicted molar refractivity (Wildman–Crippen MR) is 74.8 cm³/mol. The molecule has 4 rings (SSSR count). The summed E-state index contributed by atoms with van der Waals surface area (Å²) < 4.78 is 6.32. The van der Waals surface area contributed by atoms with Crippen LogP contribution in [0.5, 0.6) is 0 Å². The van der Waals surface area contributed by atoms with E-state index in [0.717, 1.165) is 13.0 Å². The van der Waals surface area contributed by atoms with Crippen LogP contribution in [0.3, 0.4) is 0 Å². The monoisotopic (exact) mass is 267 g/mol. The fourth-order valence-corrected chi connectivity index (χ4v) is 3.38. The highest BCUT2D eigenvalue weighted by Gasteiger charge is 2.45. The topological polar surface area (TPSA) is 38.2 Å². The van der Waals surface area contributed by atoms with E-state index in [1.54, 1.807) is 0 Å². The molecule has 0 unspecified atom stereocenters. The molecule has 0 amide bonds. The lowest BCUT2D eigenvalue weighted by atomic mass is 9.97. The molecule has 2 aromatic rings. The van der Waals surface area contributed by atoms with Crippen LogP contribution in [0.25, 0.3) is 0 Å². The van der Waals surface area contributed by atoms with Gasteiger partial charge in [0.25, 0.3) is 0 Å². The summed E-state index contributed by atoms with van der Waals surface area (Å²) in [6, 6.07) is 8.60. The minimum absolute atomic E-state index is 0.0886. The minimum Gasteiger partial charge on any atom is -0.353 e. The Bertz CT molecular complexity index is 575. The number of aromatic nitrogens is 2. The zero-order valence-corrected chi connectivity index (χ0v) is 11.2. The second-order valence-corrected chi connectivity index (χ2v) is 5.40. The van der Waals surface area contributed by atoms with E-state index in [0.29, 0.717) is 0 Å². The van der Waals surface area contributed by atoms with Gasteiger partial charge in [0.15, 0.2) is 0 Å². The zero-order chi connectivity index (χ0) is 13.4. The van der Waals surface area contributed by atoms with E-state index in [1.165, 1.54) is 17.5 Å². The van der Waals surface area contributed by atoms with Crippen LogP contribution in [0, 0.1) is 0 Å². The molecule has 4 heterocycles. The molecule has 0 aliphatic carbocycles. The maximum absolute atomic E-state index is 6.32. The van der Waals surface area contributed by atoms with Crippen molar-refractivity contribution in [2.75, 3.05) is 6.54 Å². The van der Waals surface area contributed by atoms with Crippen LogP contribution >= 0.6 is 0 Å². The standard InChI is InChI=1S/C16H17N3O/c1-2-14-19(11-1)15(12-3-7-17-8-4-12)16(20-14)13-5-9-18-10-6-13/h3-10,14-16H,1-2,11H2/t14-,15-,16+/m0/s1. The van der Waals surface area contributed by atoms with E-state index in [2.05, 4.69) is 39.1 Å². The van der Waals surface area contributed by atoms with Gasteiger partial charge in [0.05, 0.1) is 6.04 Å². The third kappa shape index (κ3) is 1.92. The van der Waals surface area contributed by atoms with Gasteiger partial charge in [0, 0.05) is 31.3 Å². The van der Waals surface area contributed by atoms with Gasteiger partial charge in [-0.05, 0) is 48.2 Å². The van der Waals surface area contributed by atoms with Crippen molar-refractivity contribution in [2.24, 2.45) is 0 Å². The Labute approximate surface area is 118 Å². The molecule has 2 aliphatic heterocycles. The average molecular weight is 267 g/mol. The van der Waals surface area contributed by atoms with Crippen LogP contribution in [0.1, 0.15) is 36.1 Å².